The number of aryl methyl sites for hydroxylation is 2. The summed E-state index contributed by atoms with van der Waals surface area (Å²) < 4.78 is 0. The average molecular weight is 268 g/mol. The SMILES string of the molecule is CCc1nc(N)cc(NC2CCc3ccccc3C2)n1. The lowest BCUT2D eigenvalue weighted by Crippen LogP contribution is -2.28. The molecule has 0 bridgehead atoms. The highest BCUT2D eigenvalue weighted by Gasteiger charge is 2.18. The number of rotatable bonds is 3. The van der Waals surface area contributed by atoms with Crippen LogP contribution in [0, 0.1) is 0 Å². The Kier molecular flexibility index (Phi) is 3.54. The van der Waals surface area contributed by atoms with Crippen molar-refractivity contribution in [3.8, 4) is 0 Å². The van der Waals surface area contributed by atoms with Crippen molar-refractivity contribution in [3.63, 3.8) is 0 Å². The van der Waals surface area contributed by atoms with Gasteiger partial charge in [0.25, 0.3) is 0 Å². The maximum absolute atomic E-state index is 5.83. The zero-order chi connectivity index (χ0) is 13.9. The van der Waals surface area contributed by atoms with E-state index in [4.69, 9.17) is 5.73 Å². The number of nitrogens with zero attached hydrogens (tertiary/aromatic N) is 2. The fourth-order valence-electron chi connectivity index (χ4n) is 2.78. The predicted octanol–water partition coefficient (Wildman–Crippen LogP) is 2.59. The summed E-state index contributed by atoms with van der Waals surface area (Å²) in [5.74, 6) is 2.18. The lowest BCUT2D eigenvalue weighted by Gasteiger charge is -2.26. The number of hydrogen-bond acceptors (Lipinski definition) is 4. The number of fused-ring (bicyclic) bond motifs is 1. The molecular formula is C16H20N4. The van der Waals surface area contributed by atoms with Crippen molar-refractivity contribution in [2.45, 2.75) is 38.6 Å². The topological polar surface area (TPSA) is 63.8 Å². The quantitative estimate of drug-likeness (QED) is 0.898. The van der Waals surface area contributed by atoms with E-state index in [1.807, 2.05) is 13.0 Å². The molecular weight excluding hydrogens is 248 g/mol. The summed E-state index contributed by atoms with van der Waals surface area (Å²) in [6.45, 7) is 2.04. The van der Waals surface area contributed by atoms with Gasteiger partial charge < -0.3 is 11.1 Å². The maximum Gasteiger partial charge on any atom is 0.132 e. The first-order chi connectivity index (χ1) is 9.74. The van der Waals surface area contributed by atoms with E-state index < -0.39 is 0 Å². The van der Waals surface area contributed by atoms with E-state index in [1.54, 1.807) is 0 Å². The van der Waals surface area contributed by atoms with E-state index >= 15 is 0 Å². The number of anilines is 2. The van der Waals surface area contributed by atoms with Crippen molar-refractivity contribution in [2.75, 3.05) is 11.1 Å². The molecule has 1 aromatic heterocycles. The second-order valence-corrected chi connectivity index (χ2v) is 5.30. The van der Waals surface area contributed by atoms with Crippen molar-refractivity contribution in [1.29, 1.82) is 0 Å². The van der Waals surface area contributed by atoms with E-state index in [-0.39, 0.29) is 0 Å². The zero-order valence-corrected chi connectivity index (χ0v) is 11.8. The molecule has 0 saturated carbocycles. The van der Waals surface area contributed by atoms with Crippen LogP contribution in [0.4, 0.5) is 11.6 Å². The van der Waals surface area contributed by atoms with Gasteiger partial charge in [0, 0.05) is 18.5 Å². The van der Waals surface area contributed by atoms with Gasteiger partial charge in [-0.05, 0) is 30.4 Å². The second-order valence-electron chi connectivity index (χ2n) is 5.30. The van der Waals surface area contributed by atoms with Gasteiger partial charge in [0.1, 0.15) is 17.5 Å². The zero-order valence-electron chi connectivity index (χ0n) is 11.8. The Balaban J connectivity index is 1.75. The predicted molar refractivity (Wildman–Crippen MR) is 81.7 cm³/mol. The highest BCUT2D eigenvalue weighted by molar-refractivity contribution is 5.46. The molecule has 0 aliphatic heterocycles. The van der Waals surface area contributed by atoms with Crippen molar-refractivity contribution in [1.82, 2.24) is 9.97 Å². The molecule has 0 amide bonds. The van der Waals surface area contributed by atoms with Crippen molar-refractivity contribution >= 4 is 11.6 Å². The van der Waals surface area contributed by atoms with Gasteiger partial charge in [-0.25, -0.2) is 9.97 Å². The first-order valence-electron chi connectivity index (χ1n) is 7.21. The number of nitrogens with two attached hydrogens (primary N) is 1. The van der Waals surface area contributed by atoms with Gasteiger partial charge in [0.2, 0.25) is 0 Å². The smallest absolute Gasteiger partial charge is 0.132 e. The summed E-state index contributed by atoms with van der Waals surface area (Å²) in [5.41, 5.74) is 8.74. The Bertz CT molecular complexity index is 609. The summed E-state index contributed by atoms with van der Waals surface area (Å²) in [6, 6.07) is 10.9. The minimum absolute atomic E-state index is 0.420. The molecule has 20 heavy (non-hydrogen) atoms. The number of nitrogen functional groups attached to an aromatic ring is 1. The summed E-state index contributed by atoms with van der Waals surface area (Å²) in [6.07, 6.45) is 4.09. The molecule has 104 valence electrons. The van der Waals surface area contributed by atoms with Crippen LogP contribution >= 0.6 is 0 Å². The van der Waals surface area contributed by atoms with Gasteiger partial charge in [0.15, 0.2) is 0 Å². The van der Waals surface area contributed by atoms with Gasteiger partial charge in [-0.2, -0.15) is 0 Å². The molecule has 1 heterocycles. The third-order valence-electron chi connectivity index (χ3n) is 3.81. The Hall–Kier alpha value is -2.10. The van der Waals surface area contributed by atoms with Crippen molar-refractivity contribution < 1.29 is 0 Å². The Morgan fingerprint density at radius 1 is 1.25 bits per heavy atom. The van der Waals surface area contributed by atoms with Crippen LogP contribution in [0.25, 0.3) is 0 Å². The van der Waals surface area contributed by atoms with Gasteiger partial charge in [-0.15, -0.1) is 0 Å². The molecule has 1 unspecified atom stereocenters. The average Bonchev–Trinajstić information content (AvgIpc) is 2.46. The monoisotopic (exact) mass is 268 g/mol. The summed E-state index contributed by atoms with van der Waals surface area (Å²) in [7, 11) is 0. The number of nitrogens with one attached hydrogen (secondary N) is 1. The molecule has 0 saturated heterocycles. The van der Waals surface area contributed by atoms with Crippen LogP contribution in [0.15, 0.2) is 30.3 Å². The largest absolute Gasteiger partial charge is 0.384 e. The lowest BCUT2D eigenvalue weighted by atomic mass is 9.88. The molecule has 1 aliphatic carbocycles. The molecule has 0 spiro atoms. The summed E-state index contributed by atoms with van der Waals surface area (Å²) in [4.78, 5) is 8.71. The minimum Gasteiger partial charge on any atom is -0.384 e. The Morgan fingerprint density at radius 2 is 2.05 bits per heavy atom. The molecule has 1 aliphatic rings. The highest BCUT2D eigenvalue weighted by atomic mass is 15.1. The normalized spacial score (nSPS) is 17.6. The molecule has 0 radical (unpaired) electrons. The van der Waals surface area contributed by atoms with E-state index in [1.165, 1.54) is 11.1 Å². The number of aromatic nitrogens is 2. The van der Waals surface area contributed by atoms with Gasteiger partial charge >= 0.3 is 0 Å². The highest BCUT2D eigenvalue weighted by Crippen LogP contribution is 2.23. The van der Waals surface area contributed by atoms with Gasteiger partial charge in [0.05, 0.1) is 0 Å². The Morgan fingerprint density at radius 3 is 2.85 bits per heavy atom. The molecule has 0 fully saturated rings. The number of hydrogen-bond donors (Lipinski definition) is 2. The van der Waals surface area contributed by atoms with Crippen molar-refractivity contribution in [3.05, 3.63) is 47.3 Å². The van der Waals surface area contributed by atoms with Crippen LogP contribution in [0.1, 0.15) is 30.3 Å². The summed E-state index contributed by atoms with van der Waals surface area (Å²) in [5, 5.41) is 3.51. The molecule has 4 heteroatoms. The van der Waals surface area contributed by atoms with E-state index in [0.717, 1.165) is 37.3 Å². The fraction of sp³-hybridized carbons (Fsp3) is 0.375. The van der Waals surface area contributed by atoms with Gasteiger partial charge in [-0.3, -0.25) is 0 Å². The first-order valence-corrected chi connectivity index (χ1v) is 7.21. The van der Waals surface area contributed by atoms with Crippen LogP contribution in [0.2, 0.25) is 0 Å². The molecule has 1 aromatic carbocycles. The second kappa shape index (κ2) is 5.49. The third-order valence-corrected chi connectivity index (χ3v) is 3.81. The first kappa shape index (κ1) is 12.9. The van der Waals surface area contributed by atoms with Crippen LogP contribution < -0.4 is 11.1 Å². The molecule has 3 rings (SSSR count). The third kappa shape index (κ3) is 2.74. The van der Waals surface area contributed by atoms with E-state index in [2.05, 4.69) is 39.6 Å². The van der Waals surface area contributed by atoms with E-state index in [9.17, 15) is 0 Å². The van der Waals surface area contributed by atoms with Crippen molar-refractivity contribution in [2.24, 2.45) is 0 Å². The van der Waals surface area contributed by atoms with Crippen LogP contribution in [0.3, 0.4) is 0 Å². The minimum atomic E-state index is 0.420. The number of benzene rings is 1. The van der Waals surface area contributed by atoms with Crippen LogP contribution in [-0.2, 0) is 19.3 Å². The molecule has 1 atom stereocenters. The standard InChI is InChI=1S/C16H20N4/c1-2-15-19-14(17)10-16(20-15)18-13-8-7-11-5-3-4-6-12(11)9-13/h3-6,10,13H,2,7-9H2,1H3,(H3,17,18,19,20). The molecule has 3 N–H and O–H groups in total. The lowest BCUT2D eigenvalue weighted by molar-refractivity contribution is 0.608. The Labute approximate surface area is 119 Å². The maximum atomic E-state index is 5.83. The van der Waals surface area contributed by atoms with Crippen LogP contribution in [-0.4, -0.2) is 16.0 Å². The van der Waals surface area contributed by atoms with E-state index in [0.29, 0.717) is 11.9 Å². The van der Waals surface area contributed by atoms with Gasteiger partial charge in [-0.1, -0.05) is 31.2 Å². The fourth-order valence-corrected chi connectivity index (χ4v) is 2.78. The van der Waals surface area contributed by atoms with Crippen LogP contribution in [0.5, 0.6) is 0 Å². The summed E-state index contributed by atoms with van der Waals surface area (Å²) >= 11 is 0. The molecule has 4 nitrogen and oxygen atoms in total. The molecule has 2 aromatic rings.